The molecule has 0 saturated heterocycles. The average molecular weight is 231 g/mol. The van der Waals surface area contributed by atoms with Crippen molar-refractivity contribution in [2.24, 2.45) is 7.05 Å². The highest BCUT2D eigenvalue weighted by Gasteiger charge is 2.19. The van der Waals surface area contributed by atoms with Crippen molar-refractivity contribution in [3.63, 3.8) is 0 Å². The Labute approximate surface area is 101 Å². The van der Waals surface area contributed by atoms with Crippen molar-refractivity contribution < 1.29 is 0 Å². The molecule has 2 aromatic heterocycles. The summed E-state index contributed by atoms with van der Waals surface area (Å²) in [6, 6.07) is 4.11. The highest BCUT2D eigenvalue weighted by atomic mass is 15.4. The SMILES string of the molecule is CCc1cccnc1C(NC)c1cnnn1C. The van der Waals surface area contributed by atoms with Gasteiger partial charge in [0.25, 0.3) is 0 Å². The van der Waals surface area contributed by atoms with Gasteiger partial charge in [-0.05, 0) is 25.1 Å². The van der Waals surface area contributed by atoms with E-state index in [-0.39, 0.29) is 6.04 Å². The van der Waals surface area contributed by atoms with E-state index < -0.39 is 0 Å². The minimum absolute atomic E-state index is 0.0335. The predicted octanol–water partition coefficient (Wildman–Crippen LogP) is 1.08. The van der Waals surface area contributed by atoms with Crippen molar-refractivity contribution >= 4 is 0 Å². The summed E-state index contributed by atoms with van der Waals surface area (Å²) in [6.45, 7) is 2.13. The zero-order valence-electron chi connectivity index (χ0n) is 10.4. The van der Waals surface area contributed by atoms with Crippen LogP contribution in [0.15, 0.2) is 24.5 Å². The number of nitrogens with one attached hydrogen (secondary N) is 1. The maximum Gasteiger partial charge on any atom is 0.0938 e. The van der Waals surface area contributed by atoms with E-state index in [1.165, 1.54) is 5.56 Å². The Balaban J connectivity index is 2.46. The van der Waals surface area contributed by atoms with Crippen molar-refractivity contribution in [3.8, 4) is 0 Å². The van der Waals surface area contributed by atoms with Gasteiger partial charge in [0.15, 0.2) is 0 Å². The molecule has 5 nitrogen and oxygen atoms in total. The van der Waals surface area contributed by atoms with Gasteiger partial charge in [0, 0.05) is 13.2 Å². The molecule has 0 aliphatic rings. The number of hydrogen-bond donors (Lipinski definition) is 1. The van der Waals surface area contributed by atoms with Gasteiger partial charge in [0.2, 0.25) is 0 Å². The fourth-order valence-electron chi connectivity index (χ4n) is 1.99. The van der Waals surface area contributed by atoms with Crippen LogP contribution in [0.1, 0.15) is 29.9 Å². The second-order valence-corrected chi connectivity index (χ2v) is 3.91. The summed E-state index contributed by atoms with van der Waals surface area (Å²) < 4.78 is 1.77. The fourth-order valence-corrected chi connectivity index (χ4v) is 1.99. The molecule has 0 amide bonds. The first-order valence-electron chi connectivity index (χ1n) is 5.73. The Bertz CT molecular complexity index is 491. The maximum absolute atomic E-state index is 4.49. The third-order valence-corrected chi connectivity index (χ3v) is 2.91. The number of nitrogens with zero attached hydrogens (tertiary/aromatic N) is 4. The van der Waals surface area contributed by atoms with Gasteiger partial charge in [0.05, 0.1) is 23.6 Å². The molecule has 5 heteroatoms. The van der Waals surface area contributed by atoms with E-state index in [0.717, 1.165) is 17.8 Å². The molecule has 1 unspecified atom stereocenters. The third kappa shape index (κ3) is 2.19. The molecule has 2 aromatic rings. The normalized spacial score (nSPS) is 12.6. The number of aromatic nitrogens is 4. The lowest BCUT2D eigenvalue weighted by atomic mass is 10.0. The van der Waals surface area contributed by atoms with Crippen LogP contribution in [0.5, 0.6) is 0 Å². The van der Waals surface area contributed by atoms with Crippen LogP contribution in [0.25, 0.3) is 0 Å². The first-order valence-corrected chi connectivity index (χ1v) is 5.73. The van der Waals surface area contributed by atoms with Crippen LogP contribution >= 0.6 is 0 Å². The van der Waals surface area contributed by atoms with Crippen molar-refractivity contribution in [2.75, 3.05) is 7.05 Å². The molecular formula is C12H17N5. The van der Waals surface area contributed by atoms with Crippen molar-refractivity contribution in [1.29, 1.82) is 0 Å². The fraction of sp³-hybridized carbons (Fsp3) is 0.417. The summed E-state index contributed by atoms with van der Waals surface area (Å²) >= 11 is 0. The third-order valence-electron chi connectivity index (χ3n) is 2.91. The molecule has 0 aromatic carbocycles. The summed E-state index contributed by atoms with van der Waals surface area (Å²) in [5.74, 6) is 0. The molecule has 0 saturated carbocycles. The first-order chi connectivity index (χ1) is 8.27. The van der Waals surface area contributed by atoms with Crippen molar-refractivity contribution in [1.82, 2.24) is 25.3 Å². The summed E-state index contributed by atoms with van der Waals surface area (Å²) in [7, 11) is 3.81. The van der Waals surface area contributed by atoms with Crippen molar-refractivity contribution in [2.45, 2.75) is 19.4 Å². The van der Waals surface area contributed by atoms with E-state index >= 15 is 0 Å². The van der Waals surface area contributed by atoms with Gasteiger partial charge < -0.3 is 5.32 Å². The Morgan fingerprint density at radius 3 is 2.88 bits per heavy atom. The molecule has 2 rings (SSSR count). The topological polar surface area (TPSA) is 55.6 Å². The van der Waals surface area contributed by atoms with Crippen LogP contribution in [0.2, 0.25) is 0 Å². The number of hydrogen-bond acceptors (Lipinski definition) is 4. The monoisotopic (exact) mass is 231 g/mol. The molecule has 0 bridgehead atoms. The molecule has 90 valence electrons. The average Bonchev–Trinajstić information content (AvgIpc) is 2.78. The van der Waals surface area contributed by atoms with Gasteiger partial charge in [0.1, 0.15) is 0 Å². The molecular weight excluding hydrogens is 214 g/mol. The largest absolute Gasteiger partial charge is 0.307 e. The van der Waals surface area contributed by atoms with Crippen LogP contribution in [0.4, 0.5) is 0 Å². The molecule has 2 heterocycles. The van der Waals surface area contributed by atoms with E-state index in [0.29, 0.717) is 0 Å². The molecule has 0 spiro atoms. The Hall–Kier alpha value is -1.75. The van der Waals surface area contributed by atoms with Gasteiger partial charge in [-0.3, -0.25) is 9.67 Å². The van der Waals surface area contributed by atoms with Gasteiger partial charge >= 0.3 is 0 Å². The highest BCUT2D eigenvalue weighted by Crippen LogP contribution is 2.21. The Morgan fingerprint density at radius 1 is 1.47 bits per heavy atom. The van der Waals surface area contributed by atoms with Crippen LogP contribution in [-0.4, -0.2) is 27.0 Å². The standard InChI is InChI=1S/C12H17N5/c1-4-9-6-5-7-14-11(9)12(13-2)10-8-15-16-17(10)3/h5-8,12-13H,4H2,1-3H3. The smallest absolute Gasteiger partial charge is 0.0938 e. The van der Waals surface area contributed by atoms with Gasteiger partial charge in [-0.15, -0.1) is 5.10 Å². The van der Waals surface area contributed by atoms with Gasteiger partial charge in [-0.25, -0.2) is 0 Å². The summed E-state index contributed by atoms with van der Waals surface area (Å²) in [4.78, 5) is 4.49. The predicted molar refractivity (Wildman–Crippen MR) is 65.5 cm³/mol. The zero-order chi connectivity index (χ0) is 12.3. The summed E-state index contributed by atoms with van der Waals surface area (Å²) in [6.07, 6.45) is 4.56. The van der Waals surface area contributed by atoms with Crippen LogP contribution in [-0.2, 0) is 13.5 Å². The van der Waals surface area contributed by atoms with E-state index in [9.17, 15) is 0 Å². The zero-order valence-corrected chi connectivity index (χ0v) is 10.4. The van der Waals surface area contributed by atoms with Crippen LogP contribution in [0, 0.1) is 0 Å². The molecule has 0 aliphatic heterocycles. The van der Waals surface area contributed by atoms with E-state index in [2.05, 4.69) is 33.6 Å². The molecule has 0 radical (unpaired) electrons. The number of aryl methyl sites for hydroxylation is 2. The highest BCUT2D eigenvalue weighted by molar-refractivity contribution is 5.28. The minimum Gasteiger partial charge on any atom is -0.307 e. The second kappa shape index (κ2) is 5.05. The lowest BCUT2D eigenvalue weighted by molar-refractivity contribution is 0.583. The molecule has 17 heavy (non-hydrogen) atoms. The molecule has 0 aliphatic carbocycles. The molecule has 0 fully saturated rings. The first kappa shape index (κ1) is 11.7. The van der Waals surface area contributed by atoms with E-state index in [4.69, 9.17) is 0 Å². The summed E-state index contributed by atoms with van der Waals surface area (Å²) in [5.41, 5.74) is 3.30. The van der Waals surface area contributed by atoms with Gasteiger partial charge in [-0.1, -0.05) is 18.2 Å². The molecule has 1 N–H and O–H groups in total. The minimum atomic E-state index is 0.0335. The quantitative estimate of drug-likeness (QED) is 0.855. The lowest BCUT2D eigenvalue weighted by Crippen LogP contribution is -2.23. The van der Waals surface area contributed by atoms with Crippen molar-refractivity contribution in [3.05, 3.63) is 41.5 Å². The Morgan fingerprint density at radius 2 is 2.29 bits per heavy atom. The Kier molecular flexibility index (Phi) is 3.49. The maximum atomic E-state index is 4.49. The lowest BCUT2D eigenvalue weighted by Gasteiger charge is -2.17. The van der Waals surface area contributed by atoms with E-state index in [1.54, 1.807) is 10.9 Å². The number of pyridine rings is 1. The van der Waals surface area contributed by atoms with Crippen LogP contribution < -0.4 is 5.32 Å². The van der Waals surface area contributed by atoms with Crippen LogP contribution in [0.3, 0.4) is 0 Å². The molecule has 1 atom stereocenters. The second-order valence-electron chi connectivity index (χ2n) is 3.91. The summed E-state index contributed by atoms with van der Waals surface area (Å²) in [5, 5.41) is 11.2. The van der Waals surface area contributed by atoms with Gasteiger partial charge in [-0.2, -0.15) is 0 Å². The van der Waals surface area contributed by atoms with E-state index in [1.807, 2.05) is 26.4 Å². The number of rotatable bonds is 4.